The van der Waals surface area contributed by atoms with Gasteiger partial charge in [0.2, 0.25) is 0 Å². The summed E-state index contributed by atoms with van der Waals surface area (Å²) >= 11 is 0. The molecule has 0 aliphatic rings. The van der Waals surface area contributed by atoms with Gasteiger partial charge < -0.3 is 5.32 Å². The van der Waals surface area contributed by atoms with Crippen LogP contribution in [0.1, 0.15) is 40.5 Å². The first-order valence-corrected chi connectivity index (χ1v) is 12.5. The number of para-hydroxylation sites is 1. The van der Waals surface area contributed by atoms with Crippen molar-refractivity contribution in [3.8, 4) is 17.1 Å². The Kier molecular flexibility index (Phi) is 6.68. The molecule has 0 saturated carbocycles. The standard InChI is InChI=1S/C30H29N5O2/c1-4-18-31-29(36)25-26-28(33-27(32-25)23-16-14-20(2)15-17-23)35(24-13-9-8-10-21(24)3)30(37)34(26)19-22-11-6-5-7-12-22/h5-17H,4,18-19H2,1-3H3,(H,31,36). The molecule has 0 aliphatic heterocycles. The molecule has 2 heterocycles. The van der Waals surface area contributed by atoms with E-state index in [1.165, 1.54) is 0 Å². The summed E-state index contributed by atoms with van der Waals surface area (Å²) in [5.74, 6) is 0.0692. The van der Waals surface area contributed by atoms with Crippen LogP contribution in [0.15, 0.2) is 83.7 Å². The van der Waals surface area contributed by atoms with Crippen molar-refractivity contribution in [1.82, 2.24) is 24.4 Å². The lowest BCUT2D eigenvalue weighted by Gasteiger charge is -2.11. The van der Waals surface area contributed by atoms with Crippen LogP contribution in [0.25, 0.3) is 28.2 Å². The first-order chi connectivity index (χ1) is 18.0. The van der Waals surface area contributed by atoms with Gasteiger partial charge in [-0.25, -0.2) is 19.3 Å². The molecule has 5 aromatic rings. The minimum Gasteiger partial charge on any atom is -0.351 e. The van der Waals surface area contributed by atoms with E-state index in [-0.39, 0.29) is 23.8 Å². The molecule has 0 aliphatic carbocycles. The summed E-state index contributed by atoms with van der Waals surface area (Å²) in [5, 5.41) is 2.95. The van der Waals surface area contributed by atoms with Crippen LogP contribution in [0, 0.1) is 13.8 Å². The summed E-state index contributed by atoms with van der Waals surface area (Å²) in [5.41, 5.74) is 5.21. The maximum atomic E-state index is 14.1. The van der Waals surface area contributed by atoms with E-state index >= 15 is 0 Å². The maximum absolute atomic E-state index is 14.1. The molecule has 2 aromatic heterocycles. The number of carbonyl (C=O) groups excluding carboxylic acids is 1. The number of hydrogen-bond donors (Lipinski definition) is 1. The number of amides is 1. The van der Waals surface area contributed by atoms with Crippen LogP contribution >= 0.6 is 0 Å². The molecule has 0 fully saturated rings. The summed E-state index contributed by atoms with van der Waals surface area (Å²) in [7, 11) is 0. The van der Waals surface area contributed by atoms with Crippen molar-refractivity contribution in [1.29, 1.82) is 0 Å². The van der Waals surface area contributed by atoms with Crippen LogP contribution in [0.2, 0.25) is 0 Å². The van der Waals surface area contributed by atoms with E-state index in [0.717, 1.165) is 34.4 Å². The number of fused-ring (bicyclic) bond motifs is 1. The van der Waals surface area contributed by atoms with Crippen molar-refractivity contribution in [2.45, 2.75) is 33.7 Å². The number of benzene rings is 3. The molecule has 186 valence electrons. The molecule has 0 bridgehead atoms. The Morgan fingerprint density at radius 3 is 2.30 bits per heavy atom. The zero-order valence-corrected chi connectivity index (χ0v) is 21.2. The SMILES string of the molecule is CCCNC(=O)c1nc(-c2ccc(C)cc2)nc2c1n(Cc1ccccc1)c(=O)n2-c1ccccc1C. The number of carbonyl (C=O) groups is 1. The van der Waals surface area contributed by atoms with Gasteiger partial charge in [-0.05, 0) is 37.5 Å². The number of nitrogens with one attached hydrogen (secondary N) is 1. The van der Waals surface area contributed by atoms with E-state index in [0.29, 0.717) is 23.5 Å². The second-order valence-electron chi connectivity index (χ2n) is 9.17. The van der Waals surface area contributed by atoms with Crippen molar-refractivity contribution < 1.29 is 4.79 Å². The highest BCUT2D eigenvalue weighted by molar-refractivity contribution is 6.03. The van der Waals surface area contributed by atoms with Gasteiger partial charge in [-0.2, -0.15) is 0 Å². The number of nitrogens with zero attached hydrogens (tertiary/aromatic N) is 4. The summed E-state index contributed by atoms with van der Waals surface area (Å²) in [4.78, 5) is 37.1. The molecular weight excluding hydrogens is 462 g/mol. The fourth-order valence-corrected chi connectivity index (χ4v) is 4.41. The highest BCUT2D eigenvalue weighted by atomic mass is 16.2. The van der Waals surface area contributed by atoms with E-state index in [4.69, 9.17) is 9.97 Å². The average molecular weight is 492 g/mol. The van der Waals surface area contributed by atoms with Crippen molar-refractivity contribution in [2.24, 2.45) is 0 Å². The topological polar surface area (TPSA) is 81.8 Å². The molecule has 0 spiro atoms. The summed E-state index contributed by atoms with van der Waals surface area (Å²) in [6, 6.07) is 25.2. The first kappa shape index (κ1) is 24.2. The van der Waals surface area contributed by atoms with Crippen LogP contribution in [-0.2, 0) is 6.54 Å². The Bertz CT molecular complexity index is 1630. The van der Waals surface area contributed by atoms with Gasteiger partial charge >= 0.3 is 5.69 Å². The maximum Gasteiger partial charge on any atom is 0.335 e. The number of aromatic nitrogens is 4. The van der Waals surface area contributed by atoms with Crippen molar-refractivity contribution in [3.63, 3.8) is 0 Å². The predicted octanol–water partition coefficient (Wildman–Crippen LogP) is 5.05. The Labute approximate surface area is 215 Å². The van der Waals surface area contributed by atoms with Crippen LogP contribution < -0.4 is 11.0 Å². The minimum atomic E-state index is -0.327. The quantitative estimate of drug-likeness (QED) is 0.345. The van der Waals surface area contributed by atoms with Gasteiger partial charge in [0.05, 0.1) is 12.2 Å². The molecular formula is C30H29N5O2. The van der Waals surface area contributed by atoms with Crippen molar-refractivity contribution in [2.75, 3.05) is 6.54 Å². The third-order valence-electron chi connectivity index (χ3n) is 6.37. The Balaban J connectivity index is 1.86. The Hall–Kier alpha value is -4.52. The lowest BCUT2D eigenvalue weighted by Crippen LogP contribution is -2.27. The van der Waals surface area contributed by atoms with Gasteiger partial charge in [0.1, 0.15) is 5.52 Å². The highest BCUT2D eigenvalue weighted by Gasteiger charge is 2.26. The number of imidazole rings is 1. The molecule has 0 unspecified atom stereocenters. The van der Waals surface area contributed by atoms with Gasteiger partial charge in [-0.3, -0.25) is 9.36 Å². The zero-order chi connectivity index (χ0) is 25.9. The van der Waals surface area contributed by atoms with Gasteiger partial charge in [0.25, 0.3) is 5.91 Å². The molecule has 5 rings (SSSR count). The fraction of sp³-hybridized carbons (Fsp3) is 0.200. The third-order valence-corrected chi connectivity index (χ3v) is 6.37. The minimum absolute atomic E-state index is 0.189. The van der Waals surface area contributed by atoms with Crippen LogP contribution in [0.4, 0.5) is 0 Å². The van der Waals surface area contributed by atoms with Crippen LogP contribution in [0.3, 0.4) is 0 Å². The molecule has 0 radical (unpaired) electrons. The van der Waals surface area contributed by atoms with Crippen LogP contribution in [-0.4, -0.2) is 31.6 Å². The predicted molar refractivity (Wildman–Crippen MR) is 146 cm³/mol. The summed E-state index contributed by atoms with van der Waals surface area (Å²) in [6.45, 7) is 6.76. The average Bonchev–Trinajstić information content (AvgIpc) is 3.18. The molecule has 1 N–H and O–H groups in total. The monoisotopic (exact) mass is 491 g/mol. The van der Waals surface area contributed by atoms with Gasteiger partial charge in [0, 0.05) is 12.1 Å². The van der Waals surface area contributed by atoms with Crippen LogP contribution in [0.5, 0.6) is 0 Å². The largest absolute Gasteiger partial charge is 0.351 e. The lowest BCUT2D eigenvalue weighted by atomic mass is 10.1. The molecule has 37 heavy (non-hydrogen) atoms. The molecule has 7 heteroatoms. The first-order valence-electron chi connectivity index (χ1n) is 12.5. The normalized spacial score (nSPS) is 11.1. The summed E-state index contributed by atoms with van der Waals surface area (Å²) < 4.78 is 3.21. The summed E-state index contributed by atoms with van der Waals surface area (Å²) in [6.07, 6.45) is 0.784. The second-order valence-corrected chi connectivity index (χ2v) is 9.17. The highest BCUT2D eigenvalue weighted by Crippen LogP contribution is 2.26. The fourth-order valence-electron chi connectivity index (χ4n) is 4.41. The Morgan fingerprint density at radius 1 is 0.892 bits per heavy atom. The van der Waals surface area contributed by atoms with E-state index in [9.17, 15) is 9.59 Å². The van der Waals surface area contributed by atoms with Crippen molar-refractivity contribution >= 4 is 17.1 Å². The van der Waals surface area contributed by atoms with Gasteiger partial charge in [-0.1, -0.05) is 85.3 Å². The van der Waals surface area contributed by atoms with E-state index in [2.05, 4.69) is 5.32 Å². The molecule has 3 aromatic carbocycles. The Morgan fingerprint density at radius 2 is 1.59 bits per heavy atom. The number of rotatable bonds is 7. The van der Waals surface area contributed by atoms with E-state index < -0.39 is 0 Å². The molecule has 1 amide bonds. The molecule has 7 nitrogen and oxygen atoms in total. The smallest absolute Gasteiger partial charge is 0.335 e. The lowest BCUT2D eigenvalue weighted by molar-refractivity contribution is 0.0950. The number of hydrogen-bond acceptors (Lipinski definition) is 4. The van der Waals surface area contributed by atoms with Gasteiger partial charge in [-0.15, -0.1) is 0 Å². The van der Waals surface area contributed by atoms with E-state index in [1.807, 2.05) is 99.6 Å². The number of aryl methyl sites for hydroxylation is 2. The third kappa shape index (κ3) is 4.68. The zero-order valence-electron chi connectivity index (χ0n) is 21.2. The second kappa shape index (κ2) is 10.2. The van der Waals surface area contributed by atoms with Crippen molar-refractivity contribution in [3.05, 3.63) is 112 Å². The molecule has 0 atom stereocenters. The molecule has 0 saturated heterocycles. The van der Waals surface area contributed by atoms with E-state index in [1.54, 1.807) is 9.13 Å². The van der Waals surface area contributed by atoms with Gasteiger partial charge in [0.15, 0.2) is 17.2 Å².